The van der Waals surface area contributed by atoms with Crippen molar-refractivity contribution in [1.82, 2.24) is 5.32 Å². The number of Topliss-reactive ketones (excluding diaryl/α,β-unsaturated/α-hetero) is 1. The molecule has 2 rings (SSSR count). The summed E-state index contributed by atoms with van der Waals surface area (Å²) in [5.74, 6) is 0.0978. The van der Waals surface area contributed by atoms with Crippen LogP contribution in [-0.4, -0.2) is 32.5 Å². The molecular weight excluding hydrogens is 248 g/mol. The SMILES string of the molecule is CNCC(=O)c1cc(Cl)ccc1N1CCCCC1. The number of nitrogens with zero attached hydrogens (tertiary/aromatic N) is 1. The van der Waals surface area contributed by atoms with Gasteiger partial charge in [-0.3, -0.25) is 4.79 Å². The lowest BCUT2D eigenvalue weighted by Crippen LogP contribution is -2.31. The molecule has 1 aliphatic rings. The van der Waals surface area contributed by atoms with Gasteiger partial charge in [-0.25, -0.2) is 0 Å². The minimum absolute atomic E-state index is 0.0978. The number of carbonyl (C=O) groups excluding carboxylic acids is 1. The topological polar surface area (TPSA) is 32.3 Å². The summed E-state index contributed by atoms with van der Waals surface area (Å²) in [4.78, 5) is 14.4. The number of hydrogen-bond acceptors (Lipinski definition) is 3. The van der Waals surface area contributed by atoms with E-state index in [-0.39, 0.29) is 5.78 Å². The van der Waals surface area contributed by atoms with E-state index >= 15 is 0 Å². The zero-order chi connectivity index (χ0) is 13.0. The number of likely N-dealkylation sites (N-methyl/N-ethyl adjacent to an activating group) is 1. The summed E-state index contributed by atoms with van der Waals surface area (Å²) in [6.45, 7) is 2.41. The molecule has 1 N–H and O–H groups in total. The molecule has 0 amide bonds. The van der Waals surface area contributed by atoms with E-state index in [4.69, 9.17) is 11.6 Å². The lowest BCUT2D eigenvalue weighted by atomic mass is 10.0. The molecule has 0 aliphatic carbocycles. The van der Waals surface area contributed by atoms with Crippen molar-refractivity contribution in [3.63, 3.8) is 0 Å². The van der Waals surface area contributed by atoms with Gasteiger partial charge in [0.25, 0.3) is 0 Å². The van der Waals surface area contributed by atoms with Gasteiger partial charge in [0.15, 0.2) is 5.78 Å². The maximum Gasteiger partial charge on any atom is 0.178 e. The predicted molar refractivity (Wildman–Crippen MR) is 75.8 cm³/mol. The first kappa shape index (κ1) is 13.4. The highest BCUT2D eigenvalue weighted by Gasteiger charge is 2.18. The number of anilines is 1. The molecule has 1 aromatic carbocycles. The monoisotopic (exact) mass is 266 g/mol. The van der Waals surface area contributed by atoms with Crippen molar-refractivity contribution < 1.29 is 4.79 Å². The standard InChI is InChI=1S/C14H19ClN2O/c1-16-10-14(18)12-9-11(15)5-6-13(12)17-7-3-2-4-8-17/h5-6,9,16H,2-4,7-8,10H2,1H3. The normalized spacial score (nSPS) is 15.8. The van der Waals surface area contributed by atoms with Gasteiger partial charge in [-0.15, -0.1) is 0 Å². The van der Waals surface area contributed by atoms with Crippen LogP contribution in [0, 0.1) is 0 Å². The van der Waals surface area contributed by atoms with Gasteiger partial charge in [0.1, 0.15) is 0 Å². The van der Waals surface area contributed by atoms with Crippen LogP contribution in [0.3, 0.4) is 0 Å². The Labute approximate surface area is 113 Å². The Kier molecular flexibility index (Phi) is 4.61. The minimum Gasteiger partial charge on any atom is -0.371 e. The number of carbonyl (C=O) groups is 1. The second-order valence-corrected chi connectivity index (χ2v) is 5.10. The highest BCUT2D eigenvalue weighted by Crippen LogP contribution is 2.27. The Morgan fingerprint density at radius 3 is 2.72 bits per heavy atom. The summed E-state index contributed by atoms with van der Waals surface area (Å²) in [5.41, 5.74) is 1.76. The lowest BCUT2D eigenvalue weighted by Gasteiger charge is -2.30. The smallest absolute Gasteiger partial charge is 0.178 e. The first-order valence-corrected chi connectivity index (χ1v) is 6.82. The van der Waals surface area contributed by atoms with Gasteiger partial charge >= 0.3 is 0 Å². The maximum atomic E-state index is 12.1. The third-order valence-corrected chi connectivity index (χ3v) is 3.53. The molecular formula is C14H19ClN2O. The third-order valence-electron chi connectivity index (χ3n) is 3.29. The zero-order valence-electron chi connectivity index (χ0n) is 10.7. The summed E-state index contributed by atoms with van der Waals surface area (Å²) in [7, 11) is 1.78. The summed E-state index contributed by atoms with van der Waals surface area (Å²) in [5, 5.41) is 3.52. The summed E-state index contributed by atoms with van der Waals surface area (Å²) in [6.07, 6.45) is 3.68. The molecule has 0 unspecified atom stereocenters. The number of nitrogens with one attached hydrogen (secondary N) is 1. The van der Waals surface area contributed by atoms with Gasteiger partial charge in [-0.1, -0.05) is 11.6 Å². The van der Waals surface area contributed by atoms with Crippen LogP contribution >= 0.6 is 11.6 Å². The average Bonchev–Trinajstić information content (AvgIpc) is 2.40. The predicted octanol–water partition coefficient (Wildman–Crippen LogP) is 2.73. The molecule has 0 atom stereocenters. The maximum absolute atomic E-state index is 12.1. The summed E-state index contributed by atoms with van der Waals surface area (Å²) in [6, 6.07) is 5.61. The molecule has 1 aromatic rings. The van der Waals surface area contributed by atoms with Gasteiger partial charge in [-0.2, -0.15) is 0 Å². The highest BCUT2D eigenvalue weighted by molar-refractivity contribution is 6.31. The second kappa shape index (κ2) is 6.21. The van der Waals surface area contributed by atoms with E-state index in [2.05, 4.69) is 10.2 Å². The Bertz CT molecular complexity index is 428. The summed E-state index contributed by atoms with van der Waals surface area (Å²) < 4.78 is 0. The van der Waals surface area contributed by atoms with E-state index in [1.54, 1.807) is 13.1 Å². The van der Waals surface area contributed by atoms with E-state index < -0.39 is 0 Å². The van der Waals surface area contributed by atoms with Crippen LogP contribution in [0.2, 0.25) is 5.02 Å². The second-order valence-electron chi connectivity index (χ2n) is 4.66. The fourth-order valence-electron chi connectivity index (χ4n) is 2.40. The first-order valence-electron chi connectivity index (χ1n) is 6.44. The molecule has 0 bridgehead atoms. The van der Waals surface area contributed by atoms with Crippen LogP contribution in [0.25, 0.3) is 0 Å². The van der Waals surface area contributed by atoms with Gasteiger partial charge in [-0.05, 0) is 44.5 Å². The van der Waals surface area contributed by atoms with Gasteiger partial charge in [0.2, 0.25) is 0 Å². The van der Waals surface area contributed by atoms with Crippen molar-refractivity contribution in [3.05, 3.63) is 28.8 Å². The Morgan fingerprint density at radius 1 is 1.33 bits per heavy atom. The fraction of sp³-hybridized carbons (Fsp3) is 0.500. The van der Waals surface area contributed by atoms with E-state index in [0.717, 1.165) is 24.3 Å². The fourth-order valence-corrected chi connectivity index (χ4v) is 2.57. The molecule has 0 aromatic heterocycles. The van der Waals surface area contributed by atoms with Crippen LogP contribution in [0.5, 0.6) is 0 Å². The van der Waals surface area contributed by atoms with Gasteiger partial charge in [0, 0.05) is 29.4 Å². The molecule has 1 heterocycles. The number of piperidine rings is 1. The molecule has 98 valence electrons. The zero-order valence-corrected chi connectivity index (χ0v) is 11.5. The number of halogens is 1. The first-order chi connectivity index (χ1) is 8.72. The van der Waals surface area contributed by atoms with Gasteiger partial charge < -0.3 is 10.2 Å². The summed E-state index contributed by atoms with van der Waals surface area (Å²) >= 11 is 6.01. The number of hydrogen-bond donors (Lipinski definition) is 1. The van der Waals surface area contributed by atoms with Crippen molar-refractivity contribution in [2.45, 2.75) is 19.3 Å². The molecule has 0 spiro atoms. The largest absolute Gasteiger partial charge is 0.371 e. The molecule has 0 saturated carbocycles. The number of rotatable bonds is 4. The highest BCUT2D eigenvalue weighted by atomic mass is 35.5. The molecule has 18 heavy (non-hydrogen) atoms. The van der Waals surface area contributed by atoms with Crippen molar-refractivity contribution in [2.24, 2.45) is 0 Å². The van der Waals surface area contributed by atoms with E-state index in [9.17, 15) is 4.79 Å². The van der Waals surface area contributed by atoms with Crippen LogP contribution in [0.1, 0.15) is 29.6 Å². The number of ketones is 1. The van der Waals surface area contributed by atoms with E-state index in [0.29, 0.717) is 11.6 Å². The number of benzene rings is 1. The molecule has 4 heteroatoms. The van der Waals surface area contributed by atoms with Crippen molar-refractivity contribution in [1.29, 1.82) is 0 Å². The minimum atomic E-state index is 0.0978. The van der Waals surface area contributed by atoms with Crippen LogP contribution in [0.4, 0.5) is 5.69 Å². The molecule has 3 nitrogen and oxygen atoms in total. The van der Waals surface area contributed by atoms with Gasteiger partial charge in [0.05, 0.1) is 6.54 Å². The molecule has 0 radical (unpaired) electrons. The van der Waals surface area contributed by atoms with Crippen molar-refractivity contribution >= 4 is 23.1 Å². The molecule has 1 aliphatic heterocycles. The van der Waals surface area contributed by atoms with E-state index in [1.165, 1.54) is 19.3 Å². The average molecular weight is 267 g/mol. The lowest BCUT2D eigenvalue weighted by molar-refractivity contribution is 0.0994. The van der Waals surface area contributed by atoms with Crippen molar-refractivity contribution in [2.75, 3.05) is 31.6 Å². The molecule has 1 saturated heterocycles. The van der Waals surface area contributed by atoms with E-state index in [1.807, 2.05) is 12.1 Å². The molecule has 1 fully saturated rings. The Balaban J connectivity index is 2.30. The van der Waals surface area contributed by atoms with Crippen LogP contribution in [-0.2, 0) is 0 Å². The third kappa shape index (κ3) is 3.03. The Hall–Kier alpha value is -1.06. The Morgan fingerprint density at radius 2 is 2.06 bits per heavy atom. The van der Waals surface area contributed by atoms with Crippen LogP contribution in [0.15, 0.2) is 18.2 Å². The van der Waals surface area contributed by atoms with Crippen LogP contribution < -0.4 is 10.2 Å². The van der Waals surface area contributed by atoms with Crippen molar-refractivity contribution in [3.8, 4) is 0 Å². The quantitative estimate of drug-likeness (QED) is 0.851.